The predicted molar refractivity (Wildman–Crippen MR) is 56.8 cm³/mol. The van der Waals surface area contributed by atoms with E-state index in [1.165, 1.54) is 0 Å². The molecular weight excluding hydrogens is 251 g/mol. The maximum atomic E-state index is 11.1. The molecule has 0 amide bonds. The van der Waals surface area contributed by atoms with Crippen LogP contribution in [0, 0.1) is 0 Å². The molecule has 1 aromatic carbocycles. The molecule has 0 unspecified atom stereocenters. The lowest BCUT2D eigenvalue weighted by molar-refractivity contribution is -0.144. The van der Waals surface area contributed by atoms with Crippen LogP contribution in [0.25, 0.3) is 0 Å². The van der Waals surface area contributed by atoms with Crippen LogP contribution in [0.2, 0.25) is 0 Å². The molecule has 0 bridgehead atoms. The molecule has 0 atom stereocenters. The molecule has 0 aliphatic rings. The van der Waals surface area contributed by atoms with E-state index in [9.17, 15) is 9.18 Å². The zero-order valence-corrected chi connectivity index (χ0v) is 9.46. The summed E-state index contributed by atoms with van der Waals surface area (Å²) < 4.78 is 16.4. The highest BCUT2D eigenvalue weighted by molar-refractivity contribution is 9.10. The third-order valence-corrected chi connectivity index (χ3v) is 1.68. The van der Waals surface area contributed by atoms with E-state index in [2.05, 4.69) is 20.7 Å². The number of hydrogen-bond acceptors (Lipinski definition) is 2. The number of halogens is 2. The molecule has 0 N–H and O–H groups in total. The summed E-state index contributed by atoms with van der Waals surface area (Å²) in [5.74, 6) is -0.789. The van der Waals surface area contributed by atoms with Gasteiger partial charge in [0.2, 0.25) is 0 Å². The summed E-state index contributed by atoms with van der Waals surface area (Å²) in [5, 5.41) is 0. The minimum atomic E-state index is -1.02. The molecule has 0 fully saturated rings. The molecule has 0 aliphatic carbocycles. The van der Waals surface area contributed by atoms with Gasteiger partial charge in [0.1, 0.15) is 0 Å². The average molecular weight is 263 g/mol. The van der Waals surface area contributed by atoms with E-state index < -0.39 is 12.6 Å². The Bertz CT molecular complexity index is 252. The summed E-state index contributed by atoms with van der Waals surface area (Å²) in [6.07, 6.45) is 0. The van der Waals surface area contributed by atoms with Crippen LogP contribution in [0.3, 0.4) is 0 Å². The number of carbonyl (C=O) groups excluding carboxylic acids is 1. The van der Waals surface area contributed by atoms with Crippen molar-refractivity contribution in [3.63, 3.8) is 0 Å². The van der Waals surface area contributed by atoms with E-state index in [1.54, 1.807) is 6.92 Å². The fraction of sp³-hybridized carbons (Fsp3) is 0.300. The Labute approximate surface area is 91.2 Å². The average Bonchev–Trinajstić information content (AvgIpc) is 2.20. The van der Waals surface area contributed by atoms with Crippen molar-refractivity contribution < 1.29 is 13.9 Å². The molecule has 0 saturated heterocycles. The third kappa shape index (κ3) is 7.73. The van der Waals surface area contributed by atoms with Gasteiger partial charge in [-0.15, -0.1) is 0 Å². The molecule has 0 aromatic heterocycles. The number of benzene rings is 1. The van der Waals surface area contributed by atoms with E-state index in [1.807, 2.05) is 30.3 Å². The molecule has 1 rings (SSSR count). The first-order chi connectivity index (χ1) is 6.70. The fourth-order valence-corrected chi connectivity index (χ4v) is 0.919. The summed E-state index contributed by atoms with van der Waals surface area (Å²) >= 11 is 3.31. The van der Waals surface area contributed by atoms with Gasteiger partial charge in [-0.25, -0.2) is 9.18 Å². The van der Waals surface area contributed by atoms with Crippen molar-refractivity contribution in [3.8, 4) is 0 Å². The van der Waals surface area contributed by atoms with Gasteiger partial charge in [0, 0.05) is 4.47 Å². The number of ether oxygens (including phenoxy) is 1. The molecule has 4 heteroatoms. The van der Waals surface area contributed by atoms with Gasteiger partial charge in [0.25, 0.3) is 0 Å². The molecule has 14 heavy (non-hydrogen) atoms. The molecule has 0 radical (unpaired) electrons. The highest BCUT2D eigenvalue weighted by atomic mass is 79.9. The summed E-state index contributed by atoms with van der Waals surface area (Å²) in [6.45, 7) is 0.865. The van der Waals surface area contributed by atoms with Gasteiger partial charge < -0.3 is 4.74 Å². The predicted octanol–water partition coefficient (Wildman–Crippen LogP) is 2.97. The van der Waals surface area contributed by atoms with Crippen LogP contribution in [0.5, 0.6) is 0 Å². The number of alkyl halides is 1. The molecule has 0 aliphatic heterocycles. The Morgan fingerprint density at radius 1 is 1.43 bits per heavy atom. The Morgan fingerprint density at radius 2 is 2.00 bits per heavy atom. The lowest BCUT2D eigenvalue weighted by Gasteiger charge is -1.92. The molecule has 78 valence electrons. The first-order valence-corrected chi connectivity index (χ1v) is 4.92. The van der Waals surface area contributed by atoms with E-state index in [4.69, 9.17) is 0 Å². The molecular formula is C10H12BrFO2. The standard InChI is InChI=1S/C6H5Br.C4H7FO2/c7-6-4-2-1-3-5-6;1-2-7-4(6)3-5/h1-5H;2-3H2,1H3. The van der Waals surface area contributed by atoms with Crippen LogP contribution >= 0.6 is 15.9 Å². The maximum absolute atomic E-state index is 11.1. The molecule has 0 heterocycles. The Kier molecular flexibility index (Phi) is 8.13. The molecule has 0 spiro atoms. The van der Waals surface area contributed by atoms with Crippen molar-refractivity contribution >= 4 is 21.9 Å². The van der Waals surface area contributed by atoms with Crippen molar-refractivity contribution in [1.82, 2.24) is 0 Å². The smallest absolute Gasteiger partial charge is 0.337 e. The highest BCUT2D eigenvalue weighted by Gasteiger charge is 1.94. The summed E-state index contributed by atoms with van der Waals surface area (Å²) in [6, 6.07) is 9.97. The first kappa shape index (κ1) is 13.1. The lowest BCUT2D eigenvalue weighted by Crippen LogP contribution is -2.04. The topological polar surface area (TPSA) is 26.3 Å². The second kappa shape index (κ2) is 8.69. The van der Waals surface area contributed by atoms with Gasteiger partial charge in [-0.2, -0.15) is 0 Å². The van der Waals surface area contributed by atoms with Gasteiger partial charge in [-0.3, -0.25) is 0 Å². The first-order valence-electron chi connectivity index (χ1n) is 4.12. The van der Waals surface area contributed by atoms with Gasteiger partial charge in [-0.05, 0) is 19.1 Å². The minimum absolute atomic E-state index is 0.253. The zero-order valence-electron chi connectivity index (χ0n) is 7.87. The second-order valence-electron chi connectivity index (χ2n) is 2.23. The largest absolute Gasteiger partial charge is 0.464 e. The van der Waals surface area contributed by atoms with Gasteiger partial charge in [0.05, 0.1) is 6.61 Å². The van der Waals surface area contributed by atoms with Crippen LogP contribution in [-0.2, 0) is 9.53 Å². The highest BCUT2D eigenvalue weighted by Crippen LogP contribution is 2.05. The van der Waals surface area contributed by atoms with E-state index in [0.29, 0.717) is 0 Å². The maximum Gasteiger partial charge on any atom is 0.337 e. The summed E-state index contributed by atoms with van der Waals surface area (Å²) in [5.41, 5.74) is 0. The Balaban J connectivity index is 0.000000241. The molecule has 2 nitrogen and oxygen atoms in total. The summed E-state index contributed by atoms with van der Waals surface area (Å²) in [7, 11) is 0. The minimum Gasteiger partial charge on any atom is -0.464 e. The van der Waals surface area contributed by atoms with E-state index >= 15 is 0 Å². The Hall–Kier alpha value is -0.900. The lowest BCUT2D eigenvalue weighted by atomic mass is 10.4. The number of carbonyl (C=O) groups is 1. The van der Waals surface area contributed by atoms with Crippen molar-refractivity contribution in [1.29, 1.82) is 0 Å². The van der Waals surface area contributed by atoms with Gasteiger partial charge >= 0.3 is 5.97 Å². The van der Waals surface area contributed by atoms with Crippen LogP contribution in [-0.4, -0.2) is 19.3 Å². The van der Waals surface area contributed by atoms with E-state index in [0.717, 1.165) is 4.47 Å². The number of hydrogen-bond donors (Lipinski definition) is 0. The SMILES string of the molecule is Brc1ccccc1.CCOC(=O)CF. The van der Waals surface area contributed by atoms with Crippen LogP contribution in [0.1, 0.15) is 6.92 Å². The van der Waals surface area contributed by atoms with Crippen LogP contribution in [0.15, 0.2) is 34.8 Å². The van der Waals surface area contributed by atoms with Crippen molar-refractivity contribution in [2.45, 2.75) is 6.92 Å². The Morgan fingerprint density at radius 3 is 2.21 bits per heavy atom. The zero-order chi connectivity index (χ0) is 10.8. The van der Waals surface area contributed by atoms with Gasteiger partial charge in [0.15, 0.2) is 6.67 Å². The van der Waals surface area contributed by atoms with Crippen molar-refractivity contribution in [2.24, 2.45) is 0 Å². The van der Waals surface area contributed by atoms with Crippen LogP contribution < -0.4 is 0 Å². The summed E-state index contributed by atoms with van der Waals surface area (Å²) in [4.78, 5) is 9.81. The fourth-order valence-electron chi connectivity index (χ4n) is 0.614. The van der Waals surface area contributed by atoms with Crippen LogP contribution in [0.4, 0.5) is 4.39 Å². The van der Waals surface area contributed by atoms with E-state index in [-0.39, 0.29) is 6.61 Å². The molecule has 0 saturated carbocycles. The van der Waals surface area contributed by atoms with Gasteiger partial charge in [-0.1, -0.05) is 34.1 Å². The number of rotatable bonds is 2. The van der Waals surface area contributed by atoms with Crippen molar-refractivity contribution in [2.75, 3.05) is 13.3 Å². The monoisotopic (exact) mass is 262 g/mol. The second-order valence-corrected chi connectivity index (χ2v) is 3.15. The normalized spacial score (nSPS) is 8.50. The number of esters is 1. The molecule has 1 aromatic rings. The van der Waals surface area contributed by atoms with Crippen molar-refractivity contribution in [3.05, 3.63) is 34.8 Å². The quantitative estimate of drug-likeness (QED) is 0.767. The third-order valence-electron chi connectivity index (χ3n) is 1.15.